The van der Waals surface area contributed by atoms with Crippen molar-refractivity contribution in [2.45, 2.75) is 20.0 Å². The molecule has 0 aliphatic rings. The molecule has 2 aromatic rings. The Bertz CT molecular complexity index is 757. The Morgan fingerprint density at radius 1 is 1.17 bits per heavy atom. The fraction of sp³-hybridized carbons (Fsp3) is 0.222. The number of anilines is 1. The number of phenolic OH excluding ortho intramolecular Hbond substituents is 1. The number of aryl methyl sites for hydroxylation is 1. The van der Waals surface area contributed by atoms with Crippen LogP contribution in [-0.2, 0) is 9.53 Å². The van der Waals surface area contributed by atoms with Crippen LogP contribution in [0.2, 0.25) is 0 Å². The monoisotopic (exact) mass is 329 g/mol. The second kappa shape index (κ2) is 7.50. The molecule has 0 aliphatic carbocycles. The Hall–Kier alpha value is -3.02. The maximum absolute atomic E-state index is 12.2. The van der Waals surface area contributed by atoms with Crippen molar-refractivity contribution < 1.29 is 24.2 Å². The molecular formula is C18H19NO5. The maximum Gasteiger partial charge on any atom is 0.342 e. The van der Waals surface area contributed by atoms with Crippen LogP contribution < -0.4 is 10.1 Å². The first-order valence-electron chi connectivity index (χ1n) is 7.37. The number of ether oxygens (including phenoxy) is 2. The SMILES string of the molecule is COc1ccccc1NC(=O)[C@H](C)OC(=O)c1cc(C)ccc1O. The molecule has 0 bridgehead atoms. The van der Waals surface area contributed by atoms with E-state index in [1.54, 1.807) is 37.3 Å². The second-order valence-corrected chi connectivity index (χ2v) is 5.26. The molecule has 2 aromatic carbocycles. The molecule has 0 fully saturated rings. The second-order valence-electron chi connectivity index (χ2n) is 5.26. The van der Waals surface area contributed by atoms with Crippen molar-refractivity contribution in [1.82, 2.24) is 0 Å². The molecule has 1 atom stereocenters. The van der Waals surface area contributed by atoms with Gasteiger partial charge < -0.3 is 19.9 Å². The van der Waals surface area contributed by atoms with Crippen LogP contribution in [-0.4, -0.2) is 30.2 Å². The number of carbonyl (C=O) groups excluding carboxylic acids is 2. The average molecular weight is 329 g/mol. The summed E-state index contributed by atoms with van der Waals surface area (Å²) < 4.78 is 10.3. The molecule has 6 nitrogen and oxygen atoms in total. The first-order valence-corrected chi connectivity index (χ1v) is 7.37. The number of para-hydroxylation sites is 2. The number of phenols is 1. The Balaban J connectivity index is 2.06. The van der Waals surface area contributed by atoms with Gasteiger partial charge in [0.15, 0.2) is 6.10 Å². The number of carbonyl (C=O) groups is 2. The molecule has 0 heterocycles. The molecule has 126 valence electrons. The summed E-state index contributed by atoms with van der Waals surface area (Å²) in [6.07, 6.45) is -1.04. The van der Waals surface area contributed by atoms with Gasteiger partial charge in [0.05, 0.1) is 12.8 Å². The summed E-state index contributed by atoms with van der Waals surface area (Å²) in [6, 6.07) is 11.5. The minimum atomic E-state index is -1.04. The maximum atomic E-state index is 12.2. The van der Waals surface area contributed by atoms with Crippen LogP contribution in [0.5, 0.6) is 11.5 Å². The fourth-order valence-corrected chi connectivity index (χ4v) is 2.07. The summed E-state index contributed by atoms with van der Waals surface area (Å²) in [7, 11) is 1.49. The lowest BCUT2D eigenvalue weighted by atomic mass is 10.1. The van der Waals surface area contributed by atoms with Gasteiger partial charge in [-0.25, -0.2) is 4.79 Å². The van der Waals surface area contributed by atoms with Gasteiger partial charge in [0.2, 0.25) is 0 Å². The number of esters is 1. The third-order valence-corrected chi connectivity index (χ3v) is 3.39. The van der Waals surface area contributed by atoms with E-state index in [4.69, 9.17) is 9.47 Å². The minimum Gasteiger partial charge on any atom is -0.507 e. The number of amides is 1. The molecule has 24 heavy (non-hydrogen) atoms. The van der Waals surface area contributed by atoms with Crippen molar-refractivity contribution in [3.63, 3.8) is 0 Å². The largest absolute Gasteiger partial charge is 0.507 e. The lowest BCUT2D eigenvalue weighted by molar-refractivity contribution is -0.123. The number of rotatable bonds is 5. The van der Waals surface area contributed by atoms with Crippen molar-refractivity contribution in [3.05, 3.63) is 53.6 Å². The quantitative estimate of drug-likeness (QED) is 0.824. The van der Waals surface area contributed by atoms with Crippen molar-refractivity contribution >= 4 is 17.6 Å². The van der Waals surface area contributed by atoms with Gasteiger partial charge >= 0.3 is 5.97 Å². The number of methoxy groups -OCH3 is 1. The Morgan fingerprint density at radius 3 is 2.58 bits per heavy atom. The Labute approximate surface area is 140 Å². The van der Waals surface area contributed by atoms with Crippen molar-refractivity contribution in [1.29, 1.82) is 0 Å². The van der Waals surface area contributed by atoms with Gasteiger partial charge in [-0.05, 0) is 38.1 Å². The van der Waals surface area contributed by atoms with E-state index in [0.717, 1.165) is 5.56 Å². The predicted octanol–water partition coefficient (Wildman–Crippen LogP) is 2.89. The Kier molecular flexibility index (Phi) is 5.42. The van der Waals surface area contributed by atoms with Gasteiger partial charge in [0.25, 0.3) is 5.91 Å². The molecule has 0 saturated heterocycles. The molecular weight excluding hydrogens is 310 g/mol. The summed E-state index contributed by atoms with van der Waals surface area (Å²) in [5.41, 5.74) is 1.30. The summed E-state index contributed by atoms with van der Waals surface area (Å²) in [4.78, 5) is 24.3. The van der Waals surface area contributed by atoms with Gasteiger partial charge in [0.1, 0.15) is 17.1 Å². The number of aromatic hydroxyl groups is 1. The molecule has 0 radical (unpaired) electrons. The minimum absolute atomic E-state index is 0.0203. The van der Waals surface area contributed by atoms with Gasteiger partial charge in [-0.3, -0.25) is 4.79 Å². The first-order chi connectivity index (χ1) is 11.4. The van der Waals surface area contributed by atoms with E-state index < -0.39 is 18.0 Å². The zero-order valence-electron chi connectivity index (χ0n) is 13.7. The van der Waals surface area contributed by atoms with Crippen LogP contribution in [0, 0.1) is 6.92 Å². The molecule has 1 amide bonds. The number of benzene rings is 2. The third-order valence-electron chi connectivity index (χ3n) is 3.39. The van der Waals surface area contributed by atoms with Crippen LogP contribution in [0.25, 0.3) is 0 Å². The molecule has 2 rings (SSSR count). The number of nitrogens with one attached hydrogen (secondary N) is 1. The van der Waals surface area contributed by atoms with Crippen LogP contribution in [0.15, 0.2) is 42.5 Å². The van der Waals surface area contributed by atoms with E-state index in [1.165, 1.54) is 26.2 Å². The van der Waals surface area contributed by atoms with Gasteiger partial charge in [-0.15, -0.1) is 0 Å². The zero-order valence-corrected chi connectivity index (χ0v) is 13.7. The first kappa shape index (κ1) is 17.3. The van der Waals surface area contributed by atoms with Crippen molar-refractivity contribution in [3.8, 4) is 11.5 Å². The topological polar surface area (TPSA) is 84.9 Å². The molecule has 2 N–H and O–H groups in total. The van der Waals surface area contributed by atoms with E-state index in [9.17, 15) is 14.7 Å². The summed E-state index contributed by atoms with van der Waals surface area (Å²) >= 11 is 0. The number of hydrogen-bond acceptors (Lipinski definition) is 5. The highest BCUT2D eigenvalue weighted by atomic mass is 16.5. The molecule has 0 unspecified atom stereocenters. The molecule has 0 saturated carbocycles. The van der Waals surface area contributed by atoms with Gasteiger partial charge in [0, 0.05) is 0 Å². The normalized spacial score (nSPS) is 11.5. The highest BCUT2D eigenvalue weighted by Gasteiger charge is 2.21. The van der Waals surface area contributed by atoms with Gasteiger partial charge in [-0.1, -0.05) is 23.8 Å². The van der Waals surface area contributed by atoms with Crippen LogP contribution in [0.3, 0.4) is 0 Å². The van der Waals surface area contributed by atoms with Crippen LogP contribution in [0.4, 0.5) is 5.69 Å². The Morgan fingerprint density at radius 2 is 1.88 bits per heavy atom. The van der Waals surface area contributed by atoms with E-state index in [0.29, 0.717) is 11.4 Å². The van der Waals surface area contributed by atoms with Crippen LogP contribution in [0.1, 0.15) is 22.8 Å². The summed E-state index contributed by atoms with van der Waals surface area (Å²) in [5.74, 6) is -0.956. The smallest absolute Gasteiger partial charge is 0.342 e. The van der Waals surface area contributed by atoms with E-state index in [2.05, 4.69) is 5.32 Å². The lowest BCUT2D eigenvalue weighted by Crippen LogP contribution is -2.30. The standard InChI is InChI=1S/C18H19NO5/c1-11-8-9-15(20)13(10-11)18(22)24-12(2)17(21)19-14-6-4-5-7-16(14)23-3/h4-10,12,20H,1-3H3,(H,19,21)/t12-/m0/s1. The molecule has 6 heteroatoms. The highest BCUT2D eigenvalue weighted by molar-refractivity contribution is 5.99. The highest BCUT2D eigenvalue weighted by Crippen LogP contribution is 2.24. The van der Waals surface area contributed by atoms with E-state index >= 15 is 0 Å². The summed E-state index contributed by atoms with van der Waals surface area (Å²) in [6.45, 7) is 3.24. The number of hydrogen-bond donors (Lipinski definition) is 2. The van der Waals surface area contributed by atoms with E-state index in [1.807, 2.05) is 0 Å². The molecule has 0 spiro atoms. The van der Waals surface area contributed by atoms with Gasteiger partial charge in [-0.2, -0.15) is 0 Å². The van der Waals surface area contributed by atoms with Crippen molar-refractivity contribution in [2.75, 3.05) is 12.4 Å². The zero-order chi connectivity index (χ0) is 17.7. The van der Waals surface area contributed by atoms with Crippen molar-refractivity contribution in [2.24, 2.45) is 0 Å². The fourth-order valence-electron chi connectivity index (χ4n) is 2.07. The van der Waals surface area contributed by atoms with E-state index in [-0.39, 0.29) is 11.3 Å². The third kappa shape index (κ3) is 4.04. The lowest BCUT2D eigenvalue weighted by Gasteiger charge is -2.15. The molecule has 0 aromatic heterocycles. The molecule has 0 aliphatic heterocycles. The predicted molar refractivity (Wildman–Crippen MR) is 89.3 cm³/mol. The van der Waals surface area contributed by atoms with Crippen LogP contribution >= 0.6 is 0 Å². The summed E-state index contributed by atoms with van der Waals surface area (Å²) in [5, 5.41) is 12.4. The average Bonchev–Trinajstić information content (AvgIpc) is 2.57.